The van der Waals surface area contributed by atoms with Gasteiger partial charge in [0.2, 0.25) is 0 Å². The average Bonchev–Trinajstić information content (AvgIpc) is 2.51. The molecule has 2 aromatic carbocycles. The first-order valence-electron chi connectivity index (χ1n) is 7.17. The zero-order chi connectivity index (χ0) is 15.7. The molecule has 3 rings (SSSR count). The molecule has 2 aromatic rings. The predicted octanol–water partition coefficient (Wildman–Crippen LogP) is 5.25. The van der Waals surface area contributed by atoms with Crippen molar-refractivity contribution < 1.29 is 4.79 Å². The van der Waals surface area contributed by atoms with Crippen molar-refractivity contribution in [3.8, 4) is 0 Å². The number of nitrogens with zero attached hydrogens (tertiary/aromatic N) is 1. The van der Waals surface area contributed by atoms with Crippen molar-refractivity contribution in [3.63, 3.8) is 0 Å². The summed E-state index contributed by atoms with van der Waals surface area (Å²) in [5.41, 5.74) is 3.15. The minimum Gasteiger partial charge on any atom is -0.317 e. The van der Waals surface area contributed by atoms with E-state index in [9.17, 15) is 4.79 Å². The van der Waals surface area contributed by atoms with Crippen LogP contribution in [0.5, 0.6) is 0 Å². The topological polar surface area (TPSA) is 32.3 Å². The van der Waals surface area contributed by atoms with Gasteiger partial charge < -0.3 is 10.2 Å². The molecule has 0 aliphatic carbocycles. The number of anilines is 1. The van der Waals surface area contributed by atoms with E-state index < -0.39 is 0 Å². The number of fused-ring (bicyclic) bond motifs is 1. The first-order chi connectivity index (χ1) is 10.6. The van der Waals surface area contributed by atoms with Gasteiger partial charge in [-0.15, -0.1) is 0 Å². The lowest BCUT2D eigenvalue weighted by Crippen LogP contribution is -2.41. The van der Waals surface area contributed by atoms with Gasteiger partial charge in [-0.25, -0.2) is 4.79 Å². The molecular formula is C17H16BrClN2O. The summed E-state index contributed by atoms with van der Waals surface area (Å²) in [6.07, 6.45) is 0.875. The lowest BCUT2D eigenvalue weighted by Gasteiger charge is -2.35. The van der Waals surface area contributed by atoms with E-state index in [0.29, 0.717) is 17.3 Å². The van der Waals surface area contributed by atoms with E-state index in [0.717, 1.165) is 10.9 Å². The molecule has 0 saturated heterocycles. The van der Waals surface area contributed by atoms with Crippen LogP contribution in [0.25, 0.3) is 0 Å². The quantitative estimate of drug-likeness (QED) is 0.720. The molecule has 5 heteroatoms. The molecule has 0 spiro atoms. The van der Waals surface area contributed by atoms with Crippen molar-refractivity contribution in [2.45, 2.75) is 19.4 Å². The highest BCUT2D eigenvalue weighted by molar-refractivity contribution is 9.10. The second kappa shape index (κ2) is 6.31. The Balaban J connectivity index is 1.80. The summed E-state index contributed by atoms with van der Waals surface area (Å²) in [7, 11) is 0. The molecule has 2 amide bonds. The smallest absolute Gasteiger partial charge is 0.317 e. The van der Waals surface area contributed by atoms with Crippen molar-refractivity contribution in [1.82, 2.24) is 4.90 Å². The Morgan fingerprint density at radius 1 is 1.32 bits per heavy atom. The molecule has 22 heavy (non-hydrogen) atoms. The van der Waals surface area contributed by atoms with Crippen LogP contribution in [0.4, 0.5) is 10.5 Å². The fourth-order valence-corrected chi connectivity index (χ4v) is 3.36. The highest BCUT2D eigenvalue weighted by Gasteiger charge is 2.27. The molecule has 1 unspecified atom stereocenters. The summed E-state index contributed by atoms with van der Waals surface area (Å²) in [6.45, 7) is 2.76. The molecule has 0 saturated carbocycles. The standard InChI is InChI=1S/C17H16BrClN2O/c1-11-14-5-3-2-4-12(14)8-9-21(11)17(22)20-16-10-13(18)6-7-15(16)19/h2-7,10-11H,8-9H2,1H3,(H,20,22). The van der Waals surface area contributed by atoms with Gasteiger partial charge in [0.1, 0.15) is 0 Å². The Morgan fingerprint density at radius 3 is 2.91 bits per heavy atom. The van der Waals surface area contributed by atoms with Gasteiger partial charge in [-0.3, -0.25) is 0 Å². The number of hydrogen-bond donors (Lipinski definition) is 1. The maximum atomic E-state index is 12.6. The maximum Gasteiger partial charge on any atom is 0.322 e. The Kier molecular flexibility index (Phi) is 4.41. The SMILES string of the molecule is CC1c2ccccc2CCN1C(=O)Nc1cc(Br)ccc1Cl. The predicted molar refractivity (Wildman–Crippen MR) is 93.4 cm³/mol. The van der Waals surface area contributed by atoms with E-state index in [1.54, 1.807) is 6.07 Å². The minimum absolute atomic E-state index is 0.0517. The van der Waals surface area contributed by atoms with Crippen LogP contribution in [0.2, 0.25) is 5.02 Å². The number of nitrogens with one attached hydrogen (secondary N) is 1. The van der Waals surface area contributed by atoms with Crippen LogP contribution >= 0.6 is 27.5 Å². The van der Waals surface area contributed by atoms with Gasteiger partial charge in [0.25, 0.3) is 0 Å². The minimum atomic E-state index is -0.123. The van der Waals surface area contributed by atoms with Crippen LogP contribution in [0, 0.1) is 0 Å². The van der Waals surface area contributed by atoms with Crippen molar-refractivity contribution in [2.75, 3.05) is 11.9 Å². The van der Waals surface area contributed by atoms with Gasteiger partial charge in [-0.1, -0.05) is 51.8 Å². The number of urea groups is 1. The summed E-state index contributed by atoms with van der Waals surface area (Å²) < 4.78 is 0.879. The Labute approximate surface area is 143 Å². The summed E-state index contributed by atoms with van der Waals surface area (Å²) in [5.74, 6) is 0. The van der Waals surface area contributed by atoms with Crippen LogP contribution < -0.4 is 5.32 Å². The summed E-state index contributed by atoms with van der Waals surface area (Å²) in [6, 6.07) is 13.6. The Hall–Kier alpha value is -1.52. The number of benzene rings is 2. The fraction of sp³-hybridized carbons (Fsp3) is 0.235. The Morgan fingerprint density at radius 2 is 2.09 bits per heavy atom. The van der Waals surface area contributed by atoms with Crippen molar-refractivity contribution in [1.29, 1.82) is 0 Å². The monoisotopic (exact) mass is 378 g/mol. The van der Waals surface area contributed by atoms with Crippen LogP contribution in [0.1, 0.15) is 24.1 Å². The molecule has 1 atom stereocenters. The number of hydrogen-bond acceptors (Lipinski definition) is 1. The van der Waals surface area contributed by atoms with Crippen LogP contribution in [-0.2, 0) is 6.42 Å². The van der Waals surface area contributed by atoms with Crippen molar-refractivity contribution in [2.24, 2.45) is 0 Å². The van der Waals surface area contributed by atoms with E-state index in [2.05, 4.69) is 40.3 Å². The number of halogens is 2. The third-order valence-corrected chi connectivity index (χ3v) is 4.85. The van der Waals surface area contributed by atoms with Crippen molar-refractivity contribution in [3.05, 3.63) is 63.1 Å². The van der Waals surface area contributed by atoms with Gasteiger partial charge in [0.15, 0.2) is 0 Å². The summed E-state index contributed by atoms with van der Waals surface area (Å²) >= 11 is 9.53. The molecule has 1 aliphatic heterocycles. The highest BCUT2D eigenvalue weighted by Crippen LogP contribution is 2.31. The molecule has 0 fully saturated rings. The maximum absolute atomic E-state index is 12.6. The van der Waals surface area contributed by atoms with Crippen LogP contribution in [-0.4, -0.2) is 17.5 Å². The third kappa shape index (κ3) is 2.99. The van der Waals surface area contributed by atoms with Crippen LogP contribution in [0.15, 0.2) is 46.9 Å². The number of carbonyl (C=O) groups excluding carboxylic acids is 1. The fourth-order valence-electron chi connectivity index (χ4n) is 2.83. The van der Waals surface area contributed by atoms with E-state index in [1.165, 1.54) is 11.1 Å². The summed E-state index contributed by atoms with van der Waals surface area (Å²) in [4.78, 5) is 14.4. The Bertz CT molecular complexity index is 720. The average molecular weight is 380 g/mol. The third-order valence-electron chi connectivity index (χ3n) is 4.03. The van der Waals surface area contributed by atoms with Crippen molar-refractivity contribution >= 4 is 39.2 Å². The van der Waals surface area contributed by atoms with Gasteiger partial charge in [-0.2, -0.15) is 0 Å². The zero-order valence-corrected chi connectivity index (χ0v) is 14.5. The van der Waals surface area contributed by atoms with E-state index in [4.69, 9.17) is 11.6 Å². The molecule has 3 nitrogen and oxygen atoms in total. The van der Waals surface area contributed by atoms with E-state index in [-0.39, 0.29) is 12.1 Å². The van der Waals surface area contributed by atoms with Gasteiger partial charge >= 0.3 is 6.03 Å². The van der Waals surface area contributed by atoms with Gasteiger partial charge in [-0.05, 0) is 42.7 Å². The molecule has 0 aromatic heterocycles. The van der Waals surface area contributed by atoms with Gasteiger partial charge in [0.05, 0.1) is 16.8 Å². The molecule has 1 aliphatic rings. The lowest BCUT2D eigenvalue weighted by molar-refractivity contribution is 0.188. The largest absolute Gasteiger partial charge is 0.322 e. The zero-order valence-electron chi connectivity index (χ0n) is 12.1. The molecule has 1 N–H and O–H groups in total. The second-order valence-corrected chi connectivity index (χ2v) is 6.70. The molecule has 1 heterocycles. The number of rotatable bonds is 1. The first-order valence-corrected chi connectivity index (χ1v) is 8.34. The second-order valence-electron chi connectivity index (χ2n) is 5.37. The van der Waals surface area contributed by atoms with Gasteiger partial charge in [0, 0.05) is 11.0 Å². The number of carbonyl (C=O) groups is 1. The summed E-state index contributed by atoms with van der Waals surface area (Å²) in [5, 5.41) is 3.44. The molecule has 114 valence electrons. The molecule has 0 bridgehead atoms. The van der Waals surface area contributed by atoms with E-state index >= 15 is 0 Å². The number of amides is 2. The highest BCUT2D eigenvalue weighted by atomic mass is 79.9. The molecular weight excluding hydrogens is 364 g/mol. The first kappa shape index (κ1) is 15.4. The lowest BCUT2D eigenvalue weighted by atomic mass is 9.94. The normalized spacial score (nSPS) is 17.0. The molecule has 0 radical (unpaired) electrons. The van der Waals surface area contributed by atoms with Crippen LogP contribution in [0.3, 0.4) is 0 Å². The van der Waals surface area contributed by atoms with E-state index in [1.807, 2.05) is 29.2 Å².